The first-order valence-electron chi connectivity index (χ1n) is 5.93. The lowest BCUT2D eigenvalue weighted by molar-refractivity contribution is 0.0926. The van der Waals surface area contributed by atoms with Gasteiger partial charge in [0.2, 0.25) is 0 Å². The molecule has 1 heterocycles. The van der Waals surface area contributed by atoms with Crippen LogP contribution in [0, 0.1) is 6.92 Å². The largest absolute Gasteiger partial charge is 0.399 e. The van der Waals surface area contributed by atoms with E-state index in [0.29, 0.717) is 22.5 Å². The van der Waals surface area contributed by atoms with E-state index in [1.807, 2.05) is 6.92 Å². The molecule has 0 fully saturated rings. The molecular formula is C15H12N2O2. The summed E-state index contributed by atoms with van der Waals surface area (Å²) in [5, 5.41) is 0. The molecule has 0 atom stereocenters. The highest BCUT2D eigenvalue weighted by Crippen LogP contribution is 2.31. The Hall–Kier alpha value is -2.62. The Labute approximate surface area is 110 Å². The van der Waals surface area contributed by atoms with Gasteiger partial charge in [0.15, 0.2) is 0 Å². The molecule has 19 heavy (non-hydrogen) atoms. The summed E-state index contributed by atoms with van der Waals surface area (Å²) in [6.45, 7) is 1.83. The standard InChI is InChI=1S/C15H12N2O2/c1-9-8-10(16)6-7-13(9)17-14(18)11-4-2-3-5-12(11)15(17)19/h2-8H,16H2,1H3. The third-order valence-electron chi connectivity index (χ3n) is 3.26. The molecule has 0 aliphatic carbocycles. The van der Waals surface area contributed by atoms with Crippen molar-refractivity contribution in [3.8, 4) is 0 Å². The van der Waals surface area contributed by atoms with Crippen LogP contribution in [0.15, 0.2) is 42.5 Å². The van der Waals surface area contributed by atoms with Gasteiger partial charge in [0.1, 0.15) is 0 Å². The van der Waals surface area contributed by atoms with Gasteiger partial charge in [0.05, 0.1) is 16.8 Å². The maximum absolute atomic E-state index is 12.3. The Bertz CT molecular complexity index is 672. The van der Waals surface area contributed by atoms with E-state index in [1.54, 1.807) is 42.5 Å². The Morgan fingerprint density at radius 3 is 2.05 bits per heavy atom. The van der Waals surface area contributed by atoms with Gasteiger partial charge in [0, 0.05) is 5.69 Å². The van der Waals surface area contributed by atoms with Gasteiger partial charge in [-0.25, -0.2) is 4.90 Å². The van der Waals surface area contributed by atoms with Crippen LogP contribution in [0.5, 0.6) is 0 Å². The van der Waals surface area contributed by atoms with Crippen molar-refractivity contribution in [1.82, 2.24) is 0 Å². The number of carbonyl (C=O) groups is 2. The van der Waals surface area contributed by atoms with Crippen molar-refractivity contribution < 1.29 is 9.59 Å². The summed E-state index contributed by atoms with van der Waals surface area (Å²) in [4.78, 5) is 25.8. The summed E-state index contributed by atoms with van der Waals surface area (Å²) in [5.41, 5.74) is 8.58. The third kappa shape index (κ3) is 1.61. The first-order valence-corrected chi connectivity index (χ1v) is 5.93. The Morgan fingerprint density at radius 1 is 0.947 bits per heavy atom. The Morgan fingerprint density at radius 2 is 1.53 bits per heavy atom. The van der Waals surface area contributed by atoms with Crippen LogP contribution in [-0.4, -0.2) is 11.8 Å². The minimum atomic E-state index is -0.284. The predicted octanol–water partition coefficient (Wildman–Crippen LogP) is 2.38. The third-order valence-corrected chi connectivity index (χ3v) is 3.26. The molecule has 0 spiro atoms. The number of hydrogen-bond acceptors (Lipinski definition) is 3. The topological polar surface area (TPSA) is 63.4 Å². The van der Waals surface area contributed by atoms with Crippen molar-refractivity contribution in [3.05, 3.63) is 59.2 Å². The highest BCUT2D eigenvalue weighted by Gasteiger charge is 2.36. The molecule has 0 radical (unpaired) electrons. The second kappa shape index (κ2) is 3.95. The lowest BCUT2D eigenvalue weighted by atomic mass is 10.1. The number of fused-ring (bicyclic) bond motifs is 1. The van der Waals surface area contributed by atoms with E-state index in [9.17, 15) is 9.59 Å². The molecule has 0 unspecified atom stereocenters. The maximum atomic E-state index is 12.3. The number of rotatable bonds is 1. The Balaban J connectivity index is 2.14. The van der Waals surface area contributed by atoms with Gasteiger partial charge in [-0.3, -0.25) is 9.59 Å². The molecule has 4 heteroatoms. The molecule has 2 aromatic carbocycles. The van der Waals surface area contributed by atoms with E-state index >= 15 is 0 Å². The van der Waals surface area contributed by atoms with Crippen molar-refractivity contribution in [2.45, 2.75) is 6.92 Å². The van der Waals surface area contributed by atoms with E-state index in [2.05, 4.69) is 0 Å². The van der Waals surface area contributed by atoms with Crippen molar-refractivity contribution in [1.29, 1.82) is 0 Å². The molecule has 0 saturated heterocycles. The zero-order chi connectivity index (χ0) is 13.6. The monoisotopic (exact) mass is 252 g/mol. The molecule has 0 bridgehead atoms. The predicted molar refractivity (Wildman–Crippen MR) is 73.2 cm³/mol. The number of nitrogens with zero attached hydrogens (tertiary/aromatic N) is 1. The quantitative estimate of drug-likeness (QED) is 0.626. The molecule has 1 aliphatic rings. The van der Waals surface area contributed by atoms with Gasteiger partial charge in [-0.05, 0) is 42.8 Å². The smallest absolute Gasteiger partial charge is 0.266 e. The van der Waals surface area contributed by atoms with E-state index in [4.69, 9.17) is 5.73 Å². The number of nitrogens with two attached hydrogens (primary N) is 1. The number of benzene rings is 2. The molecule has 94 valence electrons. The van der Waals surface area contributed by atoms with Crippen LogP contribution in [-0.2, 0) is 0 Å². The number of imide groups is 1. The van der Waals surface area contributed by atoms with Gasteiger partial charge in [-0.1, -0.05) is 12.1 Å². The molecule has 4 nitrogen and oxygen atoms in total. The molecule has 2 N–H and O–H groups in total. The minimum absolute atomic E-state index is 0.284. The summed E-state index contributed by atoms with van der Waals surface area (Å²) in [6.07, 6.45) is 0. The minimum Gasteiger partial charge on any atom is -0.399 e. The average molecular weight is 252 g/mol. The molecule has 3 rings (SSSR count). The maximum Gasteiger partial charge on any atom is 0.266 e. The number of anilines is 2. The van der Waals surface area contributed by atoms with Crippen LogP contribution in [0.3, 0.4) is 0 Å². The first-order chi connectivity index (χ1) is 9.09. The van der Waals surface area contributed by atoms with Gasteiger partial charge < -0.3 is 5.73 Å². The average Bonchev–Trinajstić information content (AvgIpc) is 2.64. The highest BCUT2D eigenvalue weighted by atomic mass is 16.2. The summed E-state index contributed by atoms with van der Waals surface area (Å²) < 4.78 is 0. The fourth-order valence-corrected chi connectivity index (χ4v) is 2.34. The highest BCUT2D eigenvalue weighted by molar-refractivity contribution is 6.34. The van der Waals surface area contributed by atoms with Crippen LogP contribution < -0.4 is 10.6 Å². The van der Waals surface area contributed by atoms with Crippen molar-refractivity contribution in [3.63, 3.8) is 0 Å². The fourth-order valence-electron chi connectivity index (χ4n) is 2.34. The molecule has 1 aliphatic heterocycles. The van der Waals surface area contributed by atoms with E-state index < -0.39 is 0 Å². The van der Waals surface area contributed by atoms with E-state index in [0.717, 1.165) is 5.56 Å². The second-order valence-corrected chi connectivity index (χ2v) is 4.54. The van der Waals surface area contributed by atoms with E-state index in [1.165, 1.54) is 4.90 Å². The van der Waals surface area contributed by atoms with Crippen molar-refractivity contribution >= 4 is 23.2 Å². The molecule has 2 aromatic rings. The zero-order valence-corrected chi connectivity index (χ0v) is 10.4. The van der Waals surface area contributed by atoms with Gasteiger partial charge >= 0.3 is 0 Å². The summed E-state index contributed by atoms with van der Waals surface area (Å²) in [6, 6.07) is 12.0. The lowest BCUT2D eigenvalue weighted by Gasteiger charge is -2.16. The first kappa shape index (κ1) is 11.5. The van der Waals surface area contributed by atoms with Crippen LogP contribution in [0.25, 0.3) is 0 Å². The van der Waals surface area contributed by atoms with Crippen molar-refractivity contribution in [2.24, 2.45) is 0 Å². The SMILES string of the molecule is Cc1cc(N)ccc1N1C(=O)c2ccccc2C1=O. The Kier molecular flexibility index (Phi) is 2.38. The van der Waals surface area contributed by atoms with E-state index in [-0.39, 0.29) is 11.8 Å². The summed E-state index contributed by atoms with van der Waals surface area (Å²) in [7, 11) is 0. The molecular weight excluding hydrogens is 240 g/mol. The number of carbonyl (C=O) groups excluding carboxylic acids is 2. The number of aryl methyl sites for hydroxylation is 1. The van der Waals surface area contributed by atoms with Crippen LogP contribution >= 0.6 is 0 Å². The fraction of sp³-hybridized carbons (Fsp3) is 0.0667. The normalized spacial score (nSPS) is 13.8. The number of amides is 2. The van der Waals surface area contributed by atoms with Crippen LogP contribution in [0.1, 0.15) is 26.3 Å². The lowest BCUT2D eigenvalue weighted by Crippen LogP contribution is -2.30. The zero-order valence-electron chi connectivity index (χ0n) is 10.4. The van der Waals surface area contributed by atoms with Crippen molar-refractivity contribution in [2.75, 3.05) is 10.6 Å². The van der Waals surface area contributed by atoms with Gasteiger partial charge in [0.25, 0.3) is 11.8 Å². The van der Waals surface area contributed by atoms with Gasteiger partial charge in [-0.15, -0.1) is 0 Å². The summed E-state index contributed by atoms with van der Waals surface area (Å²) in [5.74, 6) is -0.568. The summed E-state index contributed by atoms with van der Waals surface area (Å²) >= 11 is 0. The molecule has 0 saturated carbocycles. The van der Waals surface area contributed by atoms with Gasteiger partial charge in [-0.2, -0.15) is 0 Å². The van der Waals surface area contributed by atoms with Crippen LogP contribution in [0.4, 0.5) is 11.4 Å². The molecule has 0 aromatic heterocycles. The second-order valence-electron chi connectivity index (χ2n) is 4.54. The molecule has 2 amide bonds. The number of hydrogen-bond donors (Lipinski definition) is 1. The number of nitrogen functional groups attached to an aromatic ring is 1. The van der Waals surface area contributed by atoms with Crippen LogP contribution in [0.2, 0.25) is 0 Å².